The largest absolute Gasteiger partial charge is 0.257 e. The third-order valence-electron chi connectivity index (χ3n) is 1.76. The van der Waals surface area contributed by atoms with Gasteiger partial charge < -0.3 is 0 Å². The van der Waals surface area contributed by atoms with E-state index in [-0.39, 0.29) is 0 Å². The molecule has 2 nitrogen and oxygen atoms in total. The van der Waals surface area contributed by atoms with Gasteiger partial charge in [0.1, 0.15) is 5.01 Å². The molecular formula is C12H10N2S. The van der Waals surface area contributed by atoms with Crippen LogP contribution in [0.3, 0.4) is 0 Å². The van der Waals surface area contributed by atoms with Gasteiger partial charge in [0.25, 0.3) is 0 Å². The van der Waals surface area contributed by atoms with Gasteiger partial charge in [0.2, 0.25) is 0 Å². The fraction of sp³-hybridized carbons (Fsp3) is 0. The first-order valence-electron chi connectivity index (χ1n) is 4.60. The molecule has 0 aromatic carbocycles. The lowest BCUT2D eigenvalue weighted by Crippen LogP contribution is -1.74. The van der Waals surface area contributed by atoms with Crippen LogP contribution in [-0.4, -0.2) is 9.97 Å². The minimum Gasteiger partial charge on any atom is -0.257 e. The second-order valence-electron chi connectivity index (χ2n) is 2.84. The summed E-state index contributed by atoms with van der Waals surface area (Å²) in [5, 5.41) is 2.97. The van der Waals surface area contributed by atoms with Gasteiger partial charge in [-0.05, 0) is 24.3 Å². The van der Waals surface area contributed by atoms with E-state index in [4.69, 9.17) is 0 Å². The van der Waals surface area contributed by atoms with Crippen LogP contribution in [0.5, 0.6) is 0 Å². The molecule has 0 aliphatic carbocycles. The van der Waals surface area contributed by atoms with Gasteiger partial charge in [-0.15, -0.1) is 11.3 Å². The molecule has 2 rings (SSSR count). The zero-order valence-corrected chi connectivity index (χ0v) is 8.89. The van der Waals surface area contributed by atoms with Crippen LogP contribution >= 0.6 is 11.3 Å². The van der Waals surface area contributed by atoms with E-state index in [0.29, 0.717) is 0 Å². The second kappa shape index (κ2) is 5.22. The maximum absolute atomic E-state index is 4.18. The van der Waals surface area contributed by atoms with Gasteiger partial charge >= 0.3 is 0 Å². The maximum Gasteiger partial charge on any atom is 0.115 e. The molecule has 2 heterocycles. The van der Waals surface area contributed by atoms with Gasteiger partial charge in [-0.2, -0.15) is 0 Å². The molecule has 74 valence electrons. The number of pyridine rings is 1. The highest BCUT2D eigenvalue weighted by atomic mass is 32.1. The molecule has 0 fully saturated rings. The number of allylic oxidation sites excluding steroid dienone is 2. The minimum absolute atomic E-state index is 0.960. The zero-order valence-electron chi connectivity index (χ0n) is 8.08. The van der Waals surface area contributed by atoms with Gasteiger partial charge in [0, 0.05) is 17.8 Å². The van der Waals surface area contributed by atoms with Crippen molar-refractivity contribution in [3.05, 3.63) is 58.8 Å². The van der Waals surface area contributed by atoms with Crippen LogP contribution in [0.15, 0.2) is 48.1 Å². The number of aromatic nitrogens is 2. The van der Waals surface area contributed by atoms with Gasteiger partial charge in [0.05, 0.1) is 5.69 Å². The van der Waals surface area contributed by atoms with E-state index in [1.807, 2.05) is 47.9 Å². The maximum atomic E-state index is 4.18. The molecule has 0 radical (unpaired) electrons. The third-order valence-corrected chi connectivity index (χ3v) is 2.50. The molecule has 0 atom stereocenters. The Balaban J connectivity index is 1.96. The molecule has 0 saturated heterocycles. The summed E-state index contributed by atoms with van der Waals surface area (Å²) in [5.74, 6) is 0. The first-order valence-corrected chi connectivity index (χ1v) is 5.48. The molecule has 0 bridgehead atoms. The van der Waals surface area contributed by atoms with Crippen molar-refractivity contribution in [3.8, 4) is 0 Å². The van der Waals surface area contributed by atoms with E-state index in [0.717, 1.165) is 10.7 Å². The Bertz CT molecular complexity index is 444. The Labute approximate surface area is 92.6 Å². The summed E-state index contributed by atoms with van der Waals surface area (Å²) in [4.78, 5) is 8.32. The van der Waals surface area contributed by atoms with Crippen LogP contribution in [0.2, 0.25) is 0 Å². The molecule has 0 N–H and O–H groups in total. The molecule has 0 aliphatic heterocycles. The topological polar surface area (TPSA) is 25.8 Å². The average Bonchev–Trinajstić information content (AvgIpc) is 2.79. The summed E-state index contributed by atoms with van der Waals surface area (Å²) < 4.78 is 0. The zero-order chi connectivity index (χ0) is 10.3. The van der Waals surface area contributed by atoms with Crippen molar-refractivity contribution in [1.29, 1.82) is 0 Å². The van der Waals surface area contributed by atoms with Crippen LogP contribution in [-0.2, 0) is 0 Å². The van der Waals surface area contributed by atoms with Crippen LogP contribution in [0.25, 0.3) is 12.2 Å². The summed E-state index contributed by atoms with van der Waals surface area (Å²) in [6, 6.07) is 5.84. The predicted octanol–water partition coefficient (Wildman–Crippen LogP) is 3.26. The summed E-state index contributed by atoms with van der Waals surface area (Å²) in [7, 11) is 0. The average molecular weight is 214 g/mol. The number of hydrogen-bond acceptors (Lipinski definition) is 3. The molecule has 0 spiro atoms. The lowest BCUT2D eigenvalue weighted by atomic mass is 10.3. The van der Waals surface area contributed by atoms with Crippen LogP contribution in [0.1, 0.15) is 10.7 Å². The second-order valence-corrected chi connectivity index (χ2v) is 3.77. The predicted molar refractivity (Wildman–Crippen MR) is 64.4 cm³/mol. The monoisotopic (exact) mass is 214 g/mol. The lowest BCUT2D eigenvalue weighted by molar-refractivity contribution is 1.30. The molecule has 2 aromatic heterocycles. The highest BCUT2D eigenvalue weighted by Gasteiger charge is 1.85. The van der Waals surface area contributed by atoms with Crippen molar-refractivity contribution in [3.63, 3.8) is 0 Å². The summed E-state index contributed by atoms with van der Waals surface area (Å²) in [6.45, 7) is 0. The normalized spacial score (nSPS) is 11.5. The van der Waals surface area contributed by atoms with Gasteiger partial charge in [0.15, 0.2) is 0 Å². The minimum atomic E-state index is 0.960. The van der Waals surface area contributed by atoms with Gasteiger partial charge in [-0.3, -0.25) is 4.98 Å². The van der Waals surface area contributed by atoms with Gasteiger partial charge in [-0.25, -0.2) is 4.98 Å². The Morgan fingerprint density at radius 3 is 2.67 bits per heavy atom. The quantitative estimate of drug-likeness (QED) is 0.733. The SMILES string of the molecule is C(C=Cc1nccs1)=Cc1ccccn1. The molecule has 0 amide bonds. The fourth-order valence-corrected chi connectivity index (χ4v) is 1.62. The third kappa shape index (κ3) is 3.14. The molecule has 2 aromatic rings. The van der Waals surface area contributed by atoms with Crippen molar-refractivity contribution in [2.24, 2.45) is 0 Å². The van der Waals surface area contributed by atoms with E-state index in [9.17, 15) is 0 Å². The molecule has 3 heteroatoms. The Hall–Kier alpha value is -1.74. The lowest BCUT2D eigenvalue weighted by Gasteiger charge is -1.87. The number of hydrogen-bond donors (Lipinski definition) is 0. The first kappa shape index (κ1) is 9.80. The fourth-order valence-electron chi connectivity index (χ4n) is 1.08. The molecule has 0 unspecified atom stereocenters. The van der Waals surface area contributed by atoms with Crippen molar-refractivity contribution >= 4 is 23.5 Å². The van der Waals surface area contributed by atoms with Crippen molar-refractivity contribution < 1.29 is 0 Å². The van der Waals surface area contributed by atoms with E-state index in [1.54, 1.807) is 23.7 Å². The van der Waals surface area contributed by atoms with E-state index in [2.05, 4.69) is 9.97 Å². The van der Waals surface area contributed by atoms with E-state index < -0.39 is 0 Å². The van der Waals surface area contributed by atoms with Crippen molar-refractivity contribution in [2.45, 2.75) is 0 Å². The Kier molecular flexibility index (Phi) is 3.41. The van der Waals surface area contributed by atoms with Gasteiger partial charge in [-0.1, -0.05) is 18.2 Å². The molecular weight excluding hydrogens is 204 g/mol. The van der Waals surface area contributed by atoms with Crippen molar-refractivity contribution in [1.82, 2.24) is 9.97 Å². The highest BCUT2D eigenvalue weighted by molar-refractivity contribution is 7.10. The van der Waals surface area contributed by atoms with Crippen LogP contribution in [0.4, 0.5) is 0 Å². The van der Waals surface area contributed by atoms with Crippen molar-refractivity contribution in [2.75, 3.05) is 0 Å². The smallest absolute Gasteiger partial charge is 0.115 e. The van der Waals surface area contributed by atoms with E-state index in [1.165, 1.54) is 0 Å². The number of nitrogens with zero attached hydrogens (tertiary/aromatic N) is 2. The molecule has 0 aliphatic rings. The Morgan fingerprint density at radius 2 is 1.93 bits per heavy atom. The number of thiazole rings is 1. The highest BCUT2D eigenvalue weighted by Crippen LogP contribution is 2.06. The standard InChI is InChI=1S/C12H10N2S/c1(2-7-12-14-9-10-15-12)5-11-6-3-4-8-13-11/h1-10H. The van der Waals surface area contributed by atoms with Crippen LogP contribution < -0.4 is 0 Å². The van der Waals surface area contributed by atoms with Crippen LogP contribution in [0, 0.1) is 0 Å². The summed E-state index contributed by atoms with van der Waals surface area (Å²) >= 11 is 1.62. The van der Waals surface area contributed by atoms with E-state index >= 15 is 0 Å². The Morgan fingerprint density at radius 1 is 1.00 bits per heavy atom. The summed E-state index contributed by atoms with van der Waals surface area (Å²) in [6.07, 6.45) is 11.4. The first-order chi connectivity index (χ1) is 7.45. The summed E-state index contributed by atoms with van der Waals surface area (Å²) in [5.41, 5.74) is 0.960. The number of rotatable bonds is 3. The molecule has 15 heavy (non-hydrogen) atoms. The molecule has 0 saturated carbocycles.